The Labute approximate surface area is 151 Å². The number of anilines is 1. The molecule has 26 heavy (non-hydrogen) atoms. The third kappa shape index (κ3) is 3.01. The fourth-order valence-corrected chi connectivity index (χ4v) is 3.29. The number of pyridine rings is 1. The third-order valence-corrected chi connectivity index (χ3v) is 4.62. The van der Waals surface area contributed by atoms with Crippen LogP contribution in [-0.2, 0) is 4.74 Å². The van der Waals surface area contributed by atoms with Crippen molar-refractivity contribution in [3.63, 3.8) is 0 Å². The Kier molecular flexibility index (Phi) is 4.30. The highest BCUT2D eigenvalue weighted by Crippen LogP contribution is 2.25. The van der Waals surface area contributed by atoms with Gasteiger partial charge in [-0.05, 0) is 25.1 Å². The van der Waals surface area contributed by atoms with Crippen molar-refractivity contribution >= 4 is 22.5 Å². The van der Waals surface area contributed by atoms with Gasteiger partial charge in [-0.2, -0.15) is 5.10 Å². The van der Waals surface area contributed by atoms with Gasteiger partial charge in [0.15, 0.2) is 5.69 Å². The number of nitrogens with zero attached hydrogens (tertiary/aromatic N) is 3. The molecule has 3 aromatic rings. The van der Waals surface area contributed by atoms with E-state index in [9.17, 15) is 4.79 Å². The van der Waals surface area contributed by atoms with E-state index in [1.807, 2.05) is 50.4 Å². The second-order valence-corrected chi connectivity index (χ2v) is 6.40. The molecule has 0 saturated carbocycles. The van der Waals surface area contributed by atoms with E-state index in [0.717, 1.165) is 28.0 Å². The smallest absolute Gasteiger partial charge is 0.275 e. The number of morpholine rings is 1. The zero-order valence-electron chi connectivity index (χ0n) is 14.8. The number of fused-ring (bicyclic) bond motifs is 1. The molecule has 0 spiro atoms. The highest BCUT2D eigenvalue weighted by Gasteiger charge is 2.29. The number of aromatic amines is 1. The van der Waals surface area contributed by atoms with Crippen LogP contribution in [0.4, 0.5) is 5.69 Å². The molecule has 2 aromatic heterocycles. The van der Waals surface area contributed by atoms with E-state index in [1.54, 1.807) is 4.90 Å². The van der Waals surface area contributed by atoms with Gasteiger partial charge in [0.2, 0.25) is 0 Å². The zero-order chi connectivity index (χ0) is 18.1. The van der Waals surface area contributed by atoms with Crippen molar-refractivity contribution in [3.8, 4) is 0 Å². The summed E-state index contributed by atoms with van der Waals surface area (Å²) in [6.45, 7) is 3.43. The molecule has 1 saturated heterocycles. The molecule has 134 valence electrons. The molecule has 0 unspecified atom stereocenters. The molecule has 7 heteroatoms. The first-order chi connectivity index (χ1) is 12.7. The quantitative estimate of drug-likeness (QED) is 0.758. The van der Waals surface area contributed by atoms with Crippen molar-refractivity contribution in [2.24, 2.45) is 0 Å². The van der Waals surface area contributed by atoms with E-state index >= 15 is 0 Å². The van der Waals surface area contributed by atoms with Crippen LogP contribution in [-0.4, -0.2) is 52.7 Å². The molecule has 0 bridgehead atoms. The third-order valence-electron chi connectivity index (χ3n) is 4.62. The Morgan fingerprint density at radius 1 is 1.35 bits per heavy atom. The SMILES string of the molecule is CNc1cc(C)nc([C@H]2CN(C(=O)c3n[nH]c4ccccc34)CCO2)c1. The lowest BCUT2D eigenvalue weighted by Crippen LogP contribution is -2.42. The molecule has 4 rings (SSSR count). The molecule has 1 atom stereocenters. The molecule has 7 nitrogen and oxygen atoms in total. The Balaban J connectivity index is 1.59. The Morgan fingerprint density at radius 3 is 3.04 bits per heavy atom. The van der Waals surface area contributed by atoms with E-state index in [4.69, 9.17) is 4.74 Å². The van der Waals surface area contributed by atoms with Crippen molar-refractivity contribution in [2.45, 2.75) is 13.0 Å². The van der Waals surface area contributed by atoms with Gasteiger partial charge in [0, 0.05) is 30.4 Å². The number of nitrogens with one attached hydrogen (secondary N) is 2. The molecule has 0 aliphatic carbocycles. The monoisotopic (exact) mass is 351 g/mol. The van der Waals surface area contributed by atoms with Gasteiger partial charge < -0.3 is 15.0 Å². The molecule has 2 N–H and O–H groups in total. The number of para-hydroxylation sites is 1. The van der Waals surface area contributed by atoms with Crippen LogP contribution in [0.3, 0.4) is 0 Å². The lowest BCUT2D eigenvalue weighted by atomic mass is 10.1. The number of hydrogen-bond acceptors (Lipinski definition) is 5. The molecule has 1 fully saturated rings. The van der Waals surface area contributed by atoms with Gasteiger partial charge in [0.25, 0.3) is 5.91 Å². The number of H-pyrrole nitrogens is 1. The summed E-state index contributed by atoms with van der Waals surface area (Å²) in [7, 11) is 1.87. The number of carbonyl (C=O) groups is 1. The highest BCUT2D eigenvalue weighted by atomic mass is 16.5. The standard InChI is InChI=1S/C19H21N5O2/c1-12-9-13(20-2)10-16(21-12)17-11-24(7-8-26-17)19(25)18-14-5-3-4-6-15(14)22-23-18/h3-6,9-10,17H,7-8,11H2,1-2H3,(H,20,21)(H,22,23)/t17-/m1/s1. The first-order valence-corrected chi connectivity index (χ1v) is 8.66. The minimum Gasteiger partial charge on any atom is -0.388 e. The molecular formula is C19H21N5O2. The lowest BCUT2D eigenvalue weighted by molar-refractivity contribution is -0.0248. The van der Waals surface area contributed by atoms with Crippen LogP contribution >= 0.6 is 0 Å². The fourth-order valence-electron chi connectivity index (χ4n) is 3.29. The maximum atomic E-state index is 13.0. The average molecular weight is 351 g/mol. The molecule has 1 aromatic carbocycles. The number of ether oxygens (including phenoxy) is 1. The molecule has 1 amide bonds. The topological polar surface area (TPSA) is 83.1 Å². The van der Waals surface area contributed by atoms with E-state index in [-0.39, 0.29) is 12.0 Å². The van der Waals surface area contributed by atoms with Crippen molar-refractivity contribution in [2.75, 3.05) is 32.1 Å². The average Bonchev–Trinajstić information content (AvgIpc) is 3.11. The lowest BCUT2D eigenvalue weighted by Gasteiger charge is -2.32. The molecule has 0 radical (unpaired) electrons. The summed E-state index contributed by atoms with van der Waals surface area (Å²) in [6.07, 6.45) is -0.245. The maximum Gasteiger partial charge on any atom is 0.275 e. The van der Waals surface area contributed by atoms with Gasteiger partial charge in [-0.1, -0.05) is 18.2 Å². The molecule has 1 aliphatic rings. The summed E-state index contributed by atoms with van der Waals surface area (Å²) >= 11 is 0. The summed E-state index contributed by atoms with van der Waals surface area (Å²) in [5.74, 6) is -0.0859. The second-order valence-electron chi connectivity index (χ2n) is 6.40. The van der Waals surface area contributed by atoms with Gasteiger partial charge in [-0.25, -0.2) is 0 Å². The largest absolute Gasteiger partial charge is 0.388 e. The summed E-state index contributed by atoms with van der Waals surface area (Å²) in [6, 6.07) is 11.6. The molecular weight excluding hydrogens is 330 g/mol. The Morgan fingerprint density at radius 2 is 2.19 bits per heavy atom. The number of hydrogen-bond donors (Lipinski definition) is 2. The number of aromatic nitrogens is 3. The second kappa shape index (κ2) is 6.76. The fraction of sp³-hybridized carbons (Fsp3) is 0.316. The zero-order valence-corrected chi connectivity index (χ0v) is 14.8. The van der Waals surface area contributed by atoms with E-state index in [2.05, 4.69) is 20.5 Å². The number of aryl methyl sites for hydroxylation is 1. The van der Waals surface area contributed by atoms with Gasteiger partial charge >= 0.3 is 0 Å². The summed E-state index contributed by atoms with van der Waals surface area (Å²) in [5.41, 5.74) is 4.04. The maximum absolute atomic E-state index is 13.0. The van der Waals surface area contributed by atoms with Crippen molar-refractivity contribution < 1.29 is 9.53 Å². The first kappa shape index (κ1) is 16.5. The van der Waals surface area contributed by atoms with Crippen LogP contribution in [0, 0.1) is 6.92 Å². The predicted octanol–water partition coefficient (Wildman–Crippen LogP) is 2.52. The molecule has 3 heterocycles. The van der Waals surface area contributed by atoms with E-state index in [1.165, 1.54) is 0 Å². The van der Waals surface area contributed by atoms with Crippen molar-refractivity contribution in [1.29, 1.82) is 0 Å². The number of amides is 1. The van der Waals surface area contributed by atoms with Crippen LogP contribution in [0.2, 0.25) is 0 Å². The Hall–Kier alpha value is -2.93. The van der Waals surface area contributed by atoms with Crippen LogP contribution in [0.5, 0.6) is 0 Å². The highest BCUT2D eigenvalue weighted by molar-refractivity contribution is 6.04. The summed E-state index contributed by atoms with van der Waals surface area (Å²) in [4.78, 5) is 19.4. The summed E-state index contributed by atoms with van der Waals surface area (Å²) in [5, 5.41) is 11.1. The summed E-state index contributed by atoms with van der Waals surface area (Å²) < 4.78 is 5.89. The van der Waals surface area contributed by atoms with E-state index < -0.39 is 0 Å². The minimum absolute atomic E-state index is 0.0859. The normalized spacial score (nSPS) is 17.5. The van der Waals surface area contributed by atoms with Crippen LogP contribution in [0.15, 0.2) is 36.4 Å². The molecule has 1 aliphatic heterocycles. The number of benzene rings is 1. The van der Waals surface area contributed by atoms with Gasteiger partial charge in [-0.15, -0.1) is 0 Å². The van der Waals surface area contributed by atoms with Gasteiger partial charge in [0.1, 0.15) is 6.10 Å². The minimum atomic E-state index is -0.245. The van der Waals surface area contributed by atoms with E-state index in [0.29, 0.717) is 25.4 Å². The number of carbonyl (C=O) groups excluding carboxylic acids is 1. The van der Waals surface area contributed by atoms with Crippen LogP contribution in [0.25, 0.3) is 10.9 Å². The van der Waals surface area contributed by atoms with Crippen LogP contribution < -0.4 is 5.32 Å². The number of rotatable bonds is 3. The Bertz CT molecular complexity index is 952. The predicted molar refractivity (Wildman–Crippen MR) is 99.2 cm³/mol. The van der Waals surface area contributed by atoms with Gasteiger partial charge in [0.05, 0.1) is 24.4 Å². The van der Waals surface area contributed by atoms with Crippen molar-refractivity contribution in [3.05, 3.63) is 53.5 Å². The van der Waals surface area contributed by atoms with Crippen LogP contribution in [0.1, 0.15) is 28.0 Å². The van der Waals surface area contributed by atoms with Crippen molar-refractivity contribution in [1.82, 2.24) is 20.1 Å². The first-order valence-electron chi connectivity index (χ1n) is 8.66. The van der Waals surface area contributed by atoms with Gasteiger partial charge in [-0.3, -0.25) is 14.9 Å².